The molecule has 0 aliphatic carbocycles. The van der Waals surface area contributed by atoms with Gasteiger partial charge in [-0.2, -0.15) is 0 Å². The van der Waals surface area contributed by atoms with Crippen LogP contribution in [0.4, 0.5) is 0 Å². The first-order chi connectivity index (χ1) is 7.63. The highest BCUT2D eigenvalue weighted by Gasteiger charge is 2.14. The van der Waals surface area contributed by atoms with Crippen LogP contribution in [0, 0.1) is 0 Å². The minimum atomic E-state index is -0.130. The van der Waals surface area contributed by atoms with Gasteiger partial charge < -0.3 is 15.2 Å². The van der Waals surface area contributed by atoms with E-state index >= 15 is 0 Å². The molecule has 1 atom stereocenters. The van der Waals surface area contributed by atoms with Crippen LogP contribution in [0.3, 0.4) is 0 Å². The van der Waals surface area contributed by atoms with E-state index in [2.05, 4.69) is 22.5 Å². The lowest BCUT2D eigenvalue weighted by atomic mass is 10.0. The summed E-state index contributed by atoms with van der Waals surface area (Å²) in [4.78, 5) is 0. The summed E-state index contributed by atoms with van der Waals surface area (Å²) >= 11 is 3.40. The molecule has 0 saturated carbocycles. The summed E-state index contributed by atoms with van der Waals surface area (Å²) in [5.41, 5.74) is 6.95. The minimum Gasteiger partial charge on any atom is -0.496 e. The molecule has 0 aliphatic heterocycles. The van der Waals surface area contributed by atoms with Gasteiger partial charge in [0, 0.05) is 11.6 Å². The molecule has 0 radical (unpaired) electrons. The number of ether oxygens (including phenoxy) is 2. The maximum atomic E-state index is 6.03. The summed E-state index contributed by atoms with van der Waals surface area (Å²) in [5.74, 6) is 1.50. The standard InChI is InChI=1S/C12H16BrNO2/c1-4-5-10(14)8-6-12(16-3)9(13)7-11(8)15-2/h4,6-7,10H,1,5,14H2,2-3H3/t10-/m1/s1. The lowest BCUT2D eigenvalue weighted by molar-refractivity contribution is 0.393. The van der Waals surface area contributed by atoms with E-state index in [0.29, 0.717) is 6.42 Å². The number of halogens is 1. The molecule has 1 aromatic carbocycles. The van der Waals surface area contributed by atoms with E-state index in [-0.39, 0.29) is 6.04 Å². The van der Waals surface area contributed by atoms with E-state index in [0.717, 1.165) is 21.5 Å². The van der Waals surface area contributed by atoms with Crippen molar-refractivity contribution in [2.45, 2.75) is 12.5 Å². The molecule has 3 nitrogen and oxygen atoms in total. The number of rotatable bonds is 5. The molecule has 4 heteroatoms. The second-order valence-corrected chi connectivity index (χ2v) is 4.21. The van der Waals surface area contributed by atoms with Gasteiger partial charge in [-0.1, -0.05) is 6.08 Å². The van der Waals surface area contributed by atoms with Gasteiger partial charge in [-0.25, -0.2) is 0 Å². The molecular formula is C12H16BrNO2. The van der Waals surface area contributed by atoms with Gasteiger partial charge in [-0.05, 0) is 34.5 Å². The molecule has 88 valence electrons. The van der Waals surface area contributed by atoms with E-state index in [1.807, 2.05) is 12.1 Å². The molecule has 16 heavy (non-hydrogen) atoms. The molecule has 2 N–H and O–H groups in total. The average Bonchev–Trinajstić information content (AvgIpc) is 2.28. The van der Waals surface area contributed by atoms with Crippen molar-refractivity contribution in [1.29, 1.82) is 0 Å². The van der Waals surface area contributed by atoms with Crippen LogP contribution >= 0.6 is 15.9 Å². The Kier molecular flexibility index (Phi) is 4.83. The summed E-state index contributed by atoms with van der Waals surface area (Å²) in [5, 5.41) is 0. The maximum absolute atomic E-state index is 6.03. The predicted molar refractivity (Wildman–Crippen MR) is 69.0 cm³/mol. The Hall–Kier alpha value is -1.00. The fourth-order valence-corrected chi connectivity index (χ4v) is 1.96. The minimum absolute atomic E-state index is 0.130. The van der Waals surface area contributed by atoms with Crippen molar-refractivity contribution in [2.75, 3.05) is 14.2 Å². The van der Waals surface area contributed by atoms with Crippen LogP contribution in [0.2, 0.25) is 0 Å². The van der Waals surface area contributed by atoms with Crippen LogP contribution in [0.5, 0.6) is 11.5 Å². The second kappa shape index (κ2) is 5.92. The number of hydrogen-bond acceptors (Lipinski definition) is 3. The zero-order valence-electron chi connectivity index (χ0n) is 9.50. The molecule has 0 spiro atoms. The number of hydrogen-bond donors (Lipinski definition) is 1. The van der Waals surface area contributed by atoms with E-state index in [9.17, 15) is 0 Å². The van der Waals surface area contributed by atoms with Crippen LogP contribution in [0.1, 0.15) is 18.0 Å². The fraction of sp³-hybridized carbons (Fsp3) is 0.333. The maximum Gasteiger partial charge on any atom is 0.133 e. The van der Waals surface area contributed by atoms with Gasteiger partial charge in [0.05, 0.1) is 18.7 Å². The smallest absolute Gasteiger partial charge is 0.133 e. The van der Waals surface area contributed by atoms with Crippen molar-refractivity contribution in [1.82, 2.24) is 0 Å². The monoisotopic (exact) mass is 285 g/mol. The Morgan fingerprint density at radius 3 is 2.50 bits per heavy atom. The van der Waals surface area contributed by atoms with Crippen molar-refractivity contribution in [3.8, 4) is 11.5 Å². The normalized spacial score (nSPS) is 12.0. The highest BCUT2D eigenvalue weighted by molar-refractivity contribution is 9.10. The summed E-state index contributed by atoms with van der Waals surface area (Å²) in [7, 11) is 3.24. The first-order valence-electron chi connectivity index (χ1n) is 4.92. The number of methoxy groups -OCH3 is 2. The zero-order chi connectivity index (χ0) is 12.1. The predicted octanol–water partition coefficient (Wildman–Crippen LogP) is 3.04. The lowest BCUT2D eigenvalue weighted by Gasteiger charge is -2.16. The van der Waals surface area contributed by atoms with Crippen LogP contribution in [0.25, 0.3) is 0 Å². The van der Waals surface area contributed by atoms with Crippen LogP contribution in [-0.4, -0.2) is 14.2 Å². The van der Waals surface area contributed by atoms with Crippen molar-refractivity contribution < 1.29 is 9.47 Å². The number of nitrogens with two attached hydrogens (primary N) is 1. The van der Waals surface area contributed by atoms with Gasteiger partial charge >= 0.3 is 0 Å². The van der Waals surface area contributed by atoms with Crippen molar-refractivity contribution in [3.05, 3.63) is 34.8 Å². The number of benzene rings is 1. The fourth-order valence-electron chi connectivity index (χ4n) is 1.48. The first kappa shape index (κ1) is 13.1. The molecule has 0 heterocycles. The first-order valence-corrected chi connectivity index (χ1v) is 5.71. The highest BCUT2D eigenvalue weighted by atomic mass is 79.9. The third kappa shape index (κ3) is 2.77. The van der Waals surface area contributed by atoms with E-state index in [4.69, 9.17) is 15.2 Å². The molecule has 0 amide bonds. The molecule has 0 aliphatic rings. The quantitative estimate of drug-likeness (QED) is 0.846. The van der Waals surface area contributed by atoms with Crippen LogP contribution in [-0.2, 0) is 0 Å². The van der Waals surface area contributed by atoms with Gasteiger partial charge in [0.15, 0.2) is 0 Å². The highest BCUT2D eigenvalue weighted by Crippen LogP contribution is 2.35. The van der Waals surface area contributed by atoms with Gasteiger partial charge in [-0.3, -0.25) is 0 Å². The van der Waals surface area contributed by atoms with Crippen LogP contribution < -0.4 is 15.2 Å². The van der Waals surface area contributed by atoms with Crippen molar-refractivity contribution in [2.24, 2.45) is 5.73 Å². The third-order valence-electron chi connectivity index (χ3n) is 2.32. The van der Waals surface area contributed by atoms with Gasteiger partial charge in [0.2, 0.25) is 0 Å². The Morgan fingerprint density at radius 1 is 1.38 bits per heavy atom. The Bertz CT molecular complexity index is 380. The lowest BCUT2D eigenvalue weighted by Crippen LogP contribution is -2.11. The average molecular weight is 286 g/mol. The molecule has 0 bridgehead atoms. The Balaban J connectivity index is 3.18. The third-order valence-corrected chi connectivity index (χ3v) is 2.94. The van der Waals surface area contributed by atoms with Gasteiger partial charge in [0.25, 0.3) is 0 Å². The Labute approximate surface area is 104 Å². The summed E-state index contributed by atoms with van der Waals surface area (Å²) in [6.07, 6.45) is 2.49. The second-order valence-electron chi connectivity index (χ2n) is 3.36. The van der Waals surface area contributed by atoms with Crippen molar-refractivity contribution >= 4 is 15.9 Å². The Morgan fingerprint density at radius 2 is 2.00 bits per heavy atom. The molecule has 1 aromatic rings. The summed E-state index contributed by atoms with van der Waals surface area (Å²) in [6, 6.07) is 3.61. The molecule has 1 rings (SSSR count). The van der Waals surface area contributed by atoms with Gasteiger partial charge in [-0.15, -0.1) is 6.58 Å². The van der Waals surface area contributed by atoms with E-state index in [1.54, 1.807) is 20.3 Å². The van der Waals surface area contributed by atoms with Crippen LogP contribution in [0.15, 0.2) is 29.3 Å². The molecule has 0 saturated heterocycles. The molecule has 0 fully saturated rings. The SMILES string of the molecule is C=CC[C@@H](N)c1cc(OC)c(Br)cc1OC. The zero-order valence-corrected chi connectivity index (χ0v) is 11.1. The largest absolute Gasteiger partial charge is 0.496 e. The summed E-state index contributed by atoms with van der Waals surface area (Å²) < 4.78 is 11.4. The van der Waals surface area contributed by atoms with E-state index in [1.165, 1.54) is 0 Å². The van der Waals surface area contributed by atoms with Gasteiger partial charge in [0.1, 0.15) is 11.5 Å². The topological polar surface area (TPSA) is 44.5 Å². The molecule has 0 unspecified atom stereocenters. The molecular weight excluding hydrogens is 270 g/mol. The summed E-state index contributed by atoms with van der Waals surface area (Å²) in [6.45, 7) is 3.68. The molecule has 0 aromatic heterocycles. The van der Waals surface area contributed by atoms with E-state index < -0.39 is 0 Å². The van der Waals surface area contributed by atoms with Crippen molar-refractivity contribution in [3.63, 3.8) is 0 Å².